The molecule has 5 nitrogen and oxygen atoms in total. The standard InChI is InChI=1S/C9H20O2.C6H14O.C4H6O2/c10-8-6-4-2-1-3-5-7-9-11;1-3-5-7-6-4-2;1-3(2)4(5)6/h10-11H,1-9H2;3-6H2,1-2H3;1H2,2H3,(H,5,6). The summed E-state index contributed by atoms with van der Waals surface area (Å²) in [6.45, 7) is 11.4. The van der Waals surface area contributed by atoms with Gasteiger partial charge in [-0.15, -0.1) is 0 Å². The maximum absolute atomic E-state index is 9.60. The summed E-state index contributed by atoms with van der Waals surface area (Å²) in [6.07, 6.45) is 10.2. The van der Waals surface area contributed by atoms with E-state index in [0.29, 0.717) is 13.2 Å². The Bertz CT molecular complexity index is 230. The van der Waals surface area contributed by atoms with Crippen molar-refractivity contribution in [3.8, 4) is 0 Å². The van der Waals surface area contributed by atoms with Crippen molar-refractivity contribution in [2.45, 2.75) is 78.6 Å². The van der Waals surface area contributed by atoms with E-state index < -0.39 is 5.97 Å². The minimum atomic E-state index is -0.935. The lowest BCUT2D eigenvalue weighted by Gasteiger charge is -1.98. The lowest BCUT2D eigenvalue weighted by molar-refractivity contribution is -0.132. The minimum absolute atomic E-state index is 0.176. The third-order valence-corrected chi connectivity index (χ3v) is 2.88. The highest BCUT2D eigenvalue weighted by molar-refractivity contribution is 5.84. The van der Waals surface area contributed by atoms with Crippen LogP contribution in [0.25, 0.3) is 0 Å². The number of carbonyl (C=O) groups is 1. The van der Waals surface area contributed by atoms with Gasteiger partial charge in [-0.3, -0.25) is 0 Å². The average Bonchev–Trinajstić information content (AvgIpc) is 2.56. The topological polar surface area (TPSA) is 87.0 Å². The zero-order valence-corrected chi connectivity index (χ0v) is 16.1. The van der Waals surface area contributed by atoms with Gasteiger partial charge in [0, 0.05) is 32.0 Å². The zero-order valence-electron chi connectivity index (χ0n) is 16.1. The smallest absolute Gasteiger partial charge is 0.330 e. The molecule has 5 heteroatoms. The van der Waals surface area contributed by atoms with Gasteiger partial charge in [0.15, 0.2) is 0 Å². The number of hydrogen-bond acceptors (Lipinski definition) is 4. The number of hydrogen-bond donors (Lipinski definition) is 3. The van der Waals surface area contributed by atoms with Crippen molar-refractivity contribution in [3.63, 3.8) is 0 Å². The van der Waals surface area contributed by atoms with Crippen molar-refractivity contribution in [3.05, 3.63) is 12.2 Å². The van der Waals surface area contributed by atoms with Crippen LogP contribution >= 0.6 is 0 Å². The van der Waals surface area contributed by atoms with Gasteiger partial charge in [-0.1, -0.05) is 52.5 Å². The van der Waals surface area contributed by atoms with E-state index in [1.807, 2.05) is 0 Å². The summed E-state index contributed by atoms with van der Waals surface area (Å²) in [5, 5.41) is 24.8. The predicted molar refractivity (Wildman–Crippen MR) is 100 cm³/mol. The number of carboxylic acid groups (broad SMARTS) is 1. The van der Waals surface area contributed by atoms with Crippen LogP contribution in [-0.4, -0.2) is 47.7 Å². The Hall–Kier alpha value is -0.910. The first-order valence-corrected chi connectivity index (χ1v) is 9.16. The van der Waals surface area contributed by atoms with E-state index in [1.54, 1.807) is 0 Å². The van der Waals surface area contributed by atoms with E-state index in [9.17, 15) is 4.79 Å². The Morgan fingerprint density at radius 1 is 0.833 bits per heavy atom. The van der Waals surface area contributed by atoms with Crippen molar-refractivity contribution in [1.82, 2.24) is 0 Å². The van der Waals surface area contributed by atoms with Gasteiger partial charge in [-0.25, -0.2) is 4.79 Å². The molecule has 146 valence electrons. The van der Waals surface area contributed by atoms with Crippen LogP contribution in [0.4, 0.5) is 0 Å². The lowest BCUT2D eigenvalue weighted by atomic mass is 10.1. The second-order valence-electron chi connectivity index (χ2n) is 5.62. The molecule has 0 saturated heterocycles. The molecule has 0 saturated carbocycles. The molecule has 0 aromatic heterocycles. The highest BCUT2D eigenvalue weighted by Crippen LogP contribution is 2.06. The van der Waals surface area contributed by atoms with Crippen LogP contribution in [0.1, 0.15) is 78.6 Å². The summed E-state index contributed by atoms with van der Waals surface area (Å²) in [7, 11) is 0. The molecule has 24 heavy (non-hydrogen) atoms. The Labute approximate surface area is 148 Å². The summed E-state index contributed by atoms with van der Waals surface area (Å²) in [5.74, 6) is -0.935. The van der Waals surface area contributed by atoms with Crippen molar-refractivity contribution >= 4 is 5.97 Å². The fourth-order valence-electron chi connectivity index (χ4n) is 1.50. The fraction of sp³-hybridized carbons (Fsp3) is 0.842. The number of unbranched alkanes of at least 4 members (excludes halogenated alkanes) is 6. The van der Waals surface area contributed by atoms with Crippen molar-refractivity contribution in [1.29, 1.82) is 0 Å². The van der Waals surface area contributed by atoms with E-state index >= 15 is 0 Å². The third-order valence-electron chi connectivity index (χ3n) is 2.88. The molecule has 0 spiro atoms. The molecule has 0 aliphatic rings. The summed E-state index contributed by atoms with van der Waals surface area (Å²) >= 11 is 0. The van der Waals surface area contributed by atoms with Crippen molar-refractivity contribution in [2.75, 3.05) is 26.4 Å². The SMILES string of the molecule is C=C(C)C(=O)O.CCCOCCC.OCCCCCCCCCO. The molecule has 3 N–H and O–H groups in total. The molecule has 0 aromatic rings. The second kappa shape index (κ2) is 27.0. The Balaban J connectivity index is -0.000000294. The van der Waals surface area contributed by atoms with Crippen LogP contribution in [0, 0.1) is 0 Å². The van der Waals surface area contributed by atoms with Crippen LogP contribution in [0.3, 0.4) is 0 Å². The van der Waals surface area contributed by atoms with E-state index in [0.717, 1.165) is 51.7 Å². The number of aliphatic hydroxyl groups excluding tert-OH is 2. The molecular weight excluding hydrogens is 308 g/mol. The van der Waals surface area contributed by atoms with Crippen LogP contribution < -0.4 is 0 Å². The number of rotatable bonds is 13. The molecule has 0 radical (unpaired) electrons. The van der Waals surface area contributed by atoms with Crippen LogP contribution in [-0.2, 0) is 9.53 Å². The third kappa shape index (κ3) is 37.4. The fourth-order valence-corrected chi connectivity index (χ4v) is 1.50. The van der Waals surface area contributed by atoms with Gasteiger partial charge in [-0.05, 0) is 32.6 Å². The van der Waals surface area contributed by atoms with E-state index in [2.05, 4.69) is 20.4 Å². The first kappa shape index (κ1) is 27.9. The molecule has 0 bridgehead atoms. The normalized spacial score (nSPS) is 9.38. The minimum Gasteiger partial charge on any atom is -0.478 e. The zero-order chi connectivity index (χ0) is 19.1. The largest absolute Gasteiger partial charge is 0.478 e. The Morgan fingerprint density at radius 3 is 1.33 bits per heavy atom. The molecule has 0 aromatic carbocycles. The molecule has 0 heterocycles. The molecule has 0 aliphatic carbocycles. The molecule has 0 unspecified atom stereocenters. The van der Waals surface area contributed by atoms with E-state index in [4.69, 9.17) is 20.1 Å². The van der Waals surface area contributed by atoms with Crippen LogP contribution in [0.15, 0.2) is 12.2 Å². The Morgan fingerprint density at radius 2 is 1.12 bits per heavy atom. The highest BCUT2D eigenvalue weighted by Gasteiger charge is 1.90. The monoisotopic (exact) mass is 348 g/mol. The predicted octanol–water partition coefficient (Wildman–Crippen LogP) is 4.17. The number of aliphatic hydroxyl groups is 2. The van der Waals surface area contributed by atoms with Gasteiger partial charge in [0.2, 0.25) is 0 Å². The van der Waals surface area contributed by atoms with Gasteiger partial charge < -0.3 is 20.1 Å². The number of ether oxygens (including phenoxy) is 1. The summed E-state index contributed by atoms with van der Waals surface area (Å²) in [6, 6.07) is 0. The maximum Gasteiger partial charge on any atom is 0.330 e. The van der Waals surface area contributed by atoms with Gasteiger partial charge in [0.25, 0.3) is 0 Å². The molecule has 0 amide bonds. The molecule has 0 rings (SSSR count). The Kier molecular flexibility index (Phi) is 31.4. The van der Waals surface area contributed by atoms with Gasteiger partial charge in [-0.2, -0.15) is 0 Å². The number of aliphatic carboxylic acids is 1. The second-order valence-corrected chi connectivity index (χ2v) is 5.62. The lowest BCUT2D eigenvalue weighted by Crippen LogP contribution is -1.92. The molecular formula is C19H40O5. The van der Waals surface area contributed by atoms with Crippen molar-refractivity contribution < 1.29 is 24.9 Å². The quantitative estimate of drug-likeness (QED) is 0.343. The first-order chi connectivity index (χ1) is 11.5. The van der Waals surface area contributed by atoms with Crippen LogP contribution in [0.5, 0.6) is 0 Å². The summed E-state index contributed by atoms with van der Waals surface area (Å²) in [4.78, 5) is 9.60. The molecule has 0 atom stereocenters. The van der Waals surface area contributed by atoms with E-state index in [-0.39, 0.29) is 5.57 Å². The van der Waals surface area contributed by atoms with Crippen LogP contribution in [0.2, 0.25) is 0 Å². The summed E-state index contributed by atoms with van der Waals surface area (Å²) in [5.41, 5.74) is 0.176. The molecule has 0 fully saturated rings. The highest BCUT2D eigenvalue weighted by atomic mass is 16.5. The van der Waals surface area contributed by atoms with Gasteiger partial charge >= 0.3 is 5.97 Å². The van der Waals surface area contributed by atoms with Crippen molar-refractivity contribution in [2.24, 2.45) is 0 Å². The average molecular weight is 349 g/mol. The first-order valence-electron chi connectivity index (χ1n) is 9.16. The van der Waals surface area contributed by atoms with Gasteiger partial charge in [0.1, 0.15) is 0 Å². The van der Waals surface area contributed by atoms with E-state index in [1.165, 1.54) is 26.2 Å². The number of carboxylic acids is 1. The maximum atomic E-state index is 9.60. The molecule has 0 aliphatic heterocycles. The summed E-state index contributed by atoms with van der Waals surface area (Å²) < 4.78 is 5.13. The van der Waals surface area contributed by atoms with Gasteiger partial charge in [0.05, 0.1) is 0 Å².